The van der Waals surface area contributed by atoms with E-state index in [0.29, 0.717) is 0 Å². The van der Waals surface area contributed by atoms with Gasteiger partial charge in [-0.1, -0.05) is 65.2 Å². The van der Waals surface area contributed by atoms with Crippen molar-refractivity contribution in [2.45, 2.75) is 90.9 Å². The normalized spacial score (nSPS) is 8.82. The maximum Gasteiger partial charge on any atom is 1.00 e. The molecular formula is C16H30K2O4. The van der Waals surface area contributed by atoms with Crippen LogP contribution in [0.25, 0.3) is 0 Å². The van der Waals surface area contributed by atoms with E-state index < -0.39 is 11.9 Å². The average Bonchev–Trinajstić information content (AvgIpc) is 2.38. The number of carbonyl (C=O) groups is 2. The molecule has 0 aliphatic heterocycles. The van der Waals surface area contributed by atoms with Gasteiger partial charge in [0.2, 0.25) is 0 Å². The molecule has 0 radical (unpaired) electrons. The van der Waals surface area contributed by atoms with Gasteiger partial charge in [0.15, 0.2) is 0 Å². The second-order valence-electron chi connectivity index (χ2n) is 5.07. The van der Waals surface area contributed by atoms with E-state index in [1.165, 1.54) is 25.7 Å². The van der Waals surface area contributed by atoms with Crippen LogP contribution in [0.2, 0.25) is 0 Å². The van der Waals surface area contributed by atoms with Crippen LogP contribution in [-0.4, -0.2) is 11.9 Å². The van der Waals surface area contributed by atoms with Gasteiger partial charge in [-0.2, -0.15) is 0 Å². The first-order valence-electron chi connectivity index (χ1n) is 7.94. The zero-order chi connectivity index (χ0) is 15.6. The molecule has 0 bridgehead atoms. The fourth-order valence-electron chi connectivity index (χ4n) is 1.75. The van der Waals surface area contributed by atoms with Crippen LogP contribution >= 0.6 is 0 Å². The number of carbonyl (C=O) groups excluding carboxylic acids is 2. The molecule has 0 aromatic carbocycles. The van der Waals surface area contributed by atoms with Gasteiger partial charge in [-0.15, -0.1) is 0 Å². The van der Waals surface area contributed by atoms with E-state index in [4.69, 9.17) is 0 Å². The van der Waals surface area contributed by atoms with Gasteiger partial charge in [0, 0.05) is 11.9 Å². The molecule has 0 heterocycles. The van der Waals surface area contributed by atoms with Crippen LogP contribution in [0.4, 0.5) is 0 Å². The van der Waals surface area contributed by atoms with Crippen molar-refractivity contribution >= 4 is 11.9 Å². The number of hydrogen-bond acceptors (Lipinski definition) is 4. The van der Waals surface area contributed by atoms with E-state index >= 15 is 0 Å². The van der Waals surface area contributed by atoms with Crippen molar-refractivity contribution in [1.82, 2.24) is 0 Å². The van der Waals surface area contributed by atoms with E-state index in [-0.39, 0.29) is 116 Å². The van der Waals surface area contributed by atoms with Crippen molar-refractivity contribution in [2.75, 3.05) is 0 Å². The molecule has 0 saturated heterocycles. The molecule has 0 saturated carbocycles. The summed E-state index contributed by atoms with van der Waals surface area (Å²) in [6.45, 7) is 4.28. The summed E-state index contributed by atoms with van der Waals surface area (Å²) in [5, 5.41) is 19.8. The minimum Gasteiger partial charge on any atom is -0.550 e. The molecule has 0 unspecified atom stereocenters. The van der Waals surface area contributed by atoms with E-state index in [0.717, 1.165) is 38.5 Å². The minimum atomic E-state index is -0.920. The topological polar surface area (TPSA) is 80.3 Å². The Balaban J connectivity index is -0.000000135. The van der Waals surface area contributed by atoms with E-state index in [9.17, 15) is 19.8 Å². The summed E-state index contributed by atoms with van der Waals surface area (Å²) < 4.78 is 0. The zero-order valence-electron chi connectivity index (χ0n) is 15.1. The zero-order valence-corrected chi connectivity index (χ0v) is 21.4. The predicted octanol–water partition coefficient (Wildman–Crippen LogP) is -3.80. The molecule has 0 N–H and O–H groups in total. The van der Waals surface area contributed by atoms with Gasteiger partial charge in [0.1, 0.15) is 0 Å². The Morgan fingerprint density at radius 1 is 0.591 bits per heavy atom. The van der Waals surface area contributed by atoms with Crippen LogP contribution in [0.3, 0.4) is 0 Å². The van der Waals surface area contributed by atoms with Crippen molar-refractivity contribution in [3.8, 4) is 0 Å². The molecule has 0 amide bonds. The van der Waals surface area contributed by atoms with Crippen LogP contribution in [0, 0.1) is 0 Å². The molecule has 0 aliphatic rings. The standard InChI is InChI=1S/2C8H16O2.2K/c2*1-2-3-4-5-6-7-8(9)10;;/h2*2-7H2,1H3,(H,9,10);;/q;;2*+1/p-2. The van der Waals surface area contributed by atoms with Crippen LogP contribution in [0.15, 0.2) is 0 Å². The summed E-state index contributed by atoms with van der Waals surface area (Å²) in [5.41, 5.74) is 0. The number of unbranched alkanes of at least 4 members (excludes halogenated alkanes) is 8. The number of rotatable bonds is 12. The molecule has 120 valence electrons. The first-order valence-corrected chi connectivity index (χ1v) is 7.94. The summed E-state index contributed by atoms with van der Waals surface area (Å²) in [5.74, 6) is -1.84. The first kappa shape index (κ1) is 31.9. The second kappa shape index (κ2) is 28.0. The van der Waals surface area contributed by atoms with Crippen LogP contribution < -0.4 is 113 Å². The molecular weight excluding hydrogens is 334 g/mol. The Morgan fingerprint density at radius 3 is 1.09 bits per heavy atom. The summed E-state index contributed by atoms with van der Waals surface area (Å²) in [6, 6.07) is 0. The largest absolute Gasteiger partial charge is 1.00 e. The molecule has 0 aliphatic carbocycles. The molecule has 0 spiro atoms. The van der Waals surface area contributed by atoms with Crippen molar-refractivity contribution in [3.05, 3.63) is 0 Å². The van der Waals surface area contributed by atoms with Crippen LogP contribution in [0.1, 0.15) is 90.9 Å². The summed E-state index contributed by atoms with van der Waals surface area (Å²) in [6.07, 6.45) is 11.2. The Bertz CT molecular complexity index is 212. The third-order valence-corrected chi connectivity index (χ3v) is 2.97. The number of hydrogen-bond donors (Lipinski definition) is 0. The van der Waals surface area contributed by atoms with Crippen molar-refractivity contribution in [3.63, 3.8) is 0 Å². The quantitative estimate of drug-likeness (QED) is 0.263. The van der Waals surface area contributed by atoms with E-state index in [1.807, 2.05) is 0 Å². The van der Waals surface area contributed by atoms with Crippen LogP contribution in [0.5, 0.6) is 0 Å². The fourth-order valence-corrected chi connectivity index (χ4v) is 1.75. The average molecular weight is 365 g/mol. The van der Waals surface area contributed by atoms with Crippen molar-refractivity contribution in [2.24, 2.45) is 0 Å². The third-order valence-electron chi connectivity index (χ3n) is 2.97. The van der Waals surface area contributed by atoms with Crippen molar-refractivity contribution in [1.29, 1.82) is 0 Å². The maximum absolute atomic E-state index is 9.92. The van der Waals surface area contributed by atoms with Gasteiger partial charge in [-0.25, -0.2) is 0 Å². The number of aliphatic carboxylic acids is 2. The molecule has 0 fully saturated rings. The Hall–Kier alpha value is 2.21. The van der Waals surface area contributed by atoms with Gasteiger partial charge >= 0.3 is 103 Å². The molecule has 22 heavy (non-hydrogen) atoms. The SMILES string of the molecule is CCCCCCCC(=O)[O-].CCCCCCCC(=O)[O-].[K+].[K+]. The molecule has 0 rings (SSSR count). The first-order chi connectivity index (χ1) is 9.54. The Labute approximate surface area is 221 Å². The van der Waals surface area contributed by atoms with E-state index in [2.05, 4.69) is 13.8 Å². The Kier molecular flexibility index (Phi) is 40.7. The molecule has 0 aromatic heterocycles. The van der Waals surface area contributed by atoms with Gasteiger partial charge < -0.3 is 19.8 Å². The molecule has 6 heteroatoms. The van der Waals surface area contributed by atoms with E-state index in [1.54, 1.807) is 0 Å². The van der Waals surface area contributed by atoms with Gasteiger partial charge in [0.25, 0.3) is 0 Å². The maximum atomic E-state index is 9.92. The summed E-state index contributed by atoms with van der Waals surface area (Å²) in [7, 11) is 0. The van der Waals surface area contributed by atoms with Gasteiger partial charge in [0.05, 0.1) is 0 Å². The number of carboxylic acid groups (broad SMARTS) is 2. The molecule has 0 aromatic rings. The van der Waals surface area contributed by atoms with Crippen molar-refractivity contribution < 1.29 is 123 Å². The summed E-state index contributed by atoms with van der Waals surface area (Å²) >= 11 is 0. The fraction of sp³-hybridized carbons (Fsp3) is 0.875. The minimum absolute atomic E-state index is 0. The van der Waals surface area contributed by atoms with Crippen LogP contribution in [-0.2, 0) is 9.59 Å². The summed E-state index contributed by atoms with van der Waals surface area (Å²) in [4.78, 5) is 19.8. The second-order valence-corrected chi connectivity index (χ2v) is 5.07. The third kappa shape index (κ3) is 38.0. The molecule has 4 nitrogen and oxygen atoms in total. The van der Waals surface area contributed by atoms with Gasteiger partial charge in [-0.05, 0) is 25.7 Å². The molecule has 0 atom stereocenters. The van der Waals surface area contributed by atoms with Gasteiger partial charge in [-0.3, -0.25) is 0 Å². The monoisotopic (exact) mass is 364 g/mol. The number of carboxylic acids is 2. The Morgan fingerprint density at radius 2 is 0.864 bits per heavy atom. The predicted molar refractivity (Wildman–Crippen MR) is 76.8 cm³/mol. The smallest absolute Gasteiger partial charge is 0.550 e.